The molecule has 0 aromatic heterocycles. The van der Waals surface area contributed by atoms with Gasteiger partial charge in [-0.3, -0.25) is 9.69 Å². The molecule has 1 aliphatic heterocycles. The van der Waals surface area contributed by atoms with Crippen LogP contribution in [0.4, 0.5) is 0 Å². The van der Waals surface area contributed by atoms with Gasteiger partial charge in [0.1, 0.15) is 5.78 Å². The molecule has 0 bridgehead atoms. The Morgan fingerprint density at radius 2 is 2.06 bits per heavy atom. The van der Waals surface area contributed by atoms with E-state index >= 15 is 0 Å². The molecule has 0 spiro atoms. The first-order valence-corrected chi connectivity index (χ1v) is 6.70. The molecule has 2 aliphatic rings. The molecule has 0 amide bonds. The van der Waals surface area contributed by atoms with Crippen LogP contribution < -0.4 is 0 Å². The number of rotatable bonds is 2. The monoisotopic (exact) mass is 239 g/mol. The topological polar surface area (TPSA) is 29.5 Å². The number of ketones is 1. The van der Waals surface area contributed by atoms with Crippen molar-refractivity contribution in [2.24, 2.45) is 11.3 Å². The maximum atomic E-state index is 12.3. The van der Waals surface area contributed by atoms with Crippen LogP contribution in [0.2, 0.25) is 0 Å². The minimum absolute atomic E-state index is 0.0747. The molecule has 3 nitrogen and oxygen atoms in total. The molecule has 1 saturated carbocycles. The predicted molar refractivity (Wildman–Crippen MR) is 68.0 cm³/mol. The molecule has 1 heterocycles. The maximum Gasteiger partial charge on any atom is 0.142 e. The summed E-state index contributed by atoms with van der Waals surface area (Å²) in [6, 6.07) is 0. The summed E-state index contributed by atoms with van der Waals surface area (Å²) in [7, 11) is 0. The third-order valence-corrected chi connectivity index (χ3v) is 4.41. The van der Waals surface area contributed by atoms with Crippen molar-refractivity contribution in [3.8, 4) is 0 Å². The Balaban J connectivity index is 2.00. The van der Waals surface area contributed by atoms with Crippen molar-refractivity contribution in [3.63, 3.8) is 0 Å². The predicted octanol–water partition coefficient (Wildman–Crippen LogP) is 2.10. The van der Waals surface area contributed by atoms with E-state index in [4.69, 9.17) is 4.74 Å². The molecule has 0 aromatic carbocycles. The number of nitrogens with zero attached hydrogens (tertiary/aromatic N) is 1. The van der Waals surface area contributed by atoms with Gasteiger partial charge in [-0.05, 0) is 26.7 Å². The van der Waals surface area contributed by atoms with Crippen molar-refractivity contribution in [2.75, 3.05) is 26.3 Å². The summed E-state index contributed by atoms with van der Waals surface area (Å²) in [5.41, 5.74) is -0.0215. The van der Waals surface area contributed by atoms with Crippen molar-refractivity contribution in [3.05, 3.63) is 0 Å². The second kappa shape index (κ2) is 4.36. The lowest BCUT2D eigenvalue weighted by Gasteiger charge is -2.43. The van der Waals surface area contributed by atoms with Crippen molar-refractivity contribution >= 4 is 5.78 Å². The quantitative estimate of drug-likeness (QED) is 0.739. The van der Waals surface area contributed by atoms with Gasteiger partial charge in [0.2, 0.25) is 0 Å². The number of morpholine rings is 1. The Hall–Kier alpha value is -0.410. The van der Waals surface area contributed by atoms with Gasteiger partial charge < -0.3 is 4.74 Å². The molecule has 1 aliphatic carbocycles. The van der Waals surface area contributed by atoms with Crippen molar-refractivity contribution in [1.29, 1.82) is 0 Å². The average Bonchev–Trinajstić information content (AvgIpc) is 2.48. The summed E-state index contributed by atoms with van der Waals surface area (Å²) in [5, 5.41) is 0. The van der Waals surface area contributed by atoms with E-state index in [1.807, 2.05) is 0 Å². The zero-order chi connectivity index (χ0) is 12.7. The Morgan fingerprint density at radius 1 is 1.35 bits per heavy atom. The lowest BCUT2D eigenvalue weighted by atomic mass is 9.88. The summed E-state index contributed by atoms with van der Waals surface area (Å²) in [6.07, 6.45) is 2.10. The molecule has 0 aromatic rings. The first-order chi connectivity index (χ1) is 7.83. The second-order valence-corrected chi connectivity index (χ2v) is 6.79. The molecular formula is C14H25NO2. The van der Waals surface area contributed by atoms with Crippen LogP contribution in [0.1, 0.15) is 40.5 Å². The normalized spacial score (nSPS) is 32.9. The Kier molecular flexibility index (Phi) is 3.34. The highest BCUT2D eigenvalue weighted by Crippen LogP contribution is 2.38. The first kappa shape index (κ1) is 13.0. The lowest BCUT2D eigenvalue weighted by Crippen LogP contribution is -2.54. The van der Waals surface area contributed by atoms with Crippen LogP contribution in [0.5, 0.6) is 0 Å². The molecular weight excluding hydrogens is 214 g/mol. The smallest absolute Gasteiger partial charge is 0.142 e. The standard InChI is InChI=1S/C14H25NO2/c1-13(2)6-5-11(12(13)16)9-15-7-8-17-10-14(15,3)4/h11H,5-10H2,1-4H3. The molecule has 17 heavy (non-hydrogen) atoms. The molecule has 2 rings (SSSR count). The molecule has 98 valence electrons. The second-order valence-electron chi connectivity index (χ2n) is 6.79. The minimum atomic E-state index is -0.0961. The fourth-order valence-corrected chi connectivity index (χ4v) is 3.01. The molecule has 1 saturated heterocycles. The summed E-state index contributed by atoms with van der Waals surface area (Å²) >= 11 is 0. The third-order valence-electron chi connectivity index (χ3n) is 4.41. The molecule has 0 N–H and O–H groups in total. The molecule has 1 atom stereocenters. The van der Waals surface area contributed by atoms with Gasteiger partial charge in [-0.25, -0.2) is 0 Å². The van der Waals surface area contributed by atoms with E-state index in [-0.39, 0.29) is 16.9 Å². The summed E-state index contributed by atoms with van der Waals surface area (Å²) in [6.45, 7) is 12.0. The first-order valence-electron chi connectivity index (χ1n) is 6.70. The van der Waals surface area contributed by atoms with Crippen LogP contribution in [0.25, 0.3) is 0 Å². The van der Waals surface area contributed by atoms with Gasteiger partial charge in [-0.1, -0.05) is 13.8 Å². The van der Waals surface area contributed by atoms with E-state index < -0.39 is 0 Å². The van der Waals surface area contributed by atoms with Crippen LogP contribution >= 0.6 is 0 Å². The Morgan fingerprint density at radius 3 is 2.59 bits per heavy atom. The van der Waals surface area contributed by atoms with E-state index in [2.05, 4.69) is 32.6 Å². The van der Waals surface area contributed by atoms with Crippen LogP contribution in [-0.4, -0.2) is 42.5 Å². The van der Waals surface area contributed by atoms with Crippen molar-refractivity contribution in [1.82, 2.24) is 4.90 Å². The van der Waals surface area contributed by atoms with Crippen LogP contribution in [0.15, 0.2) is 0 Å². The third kappa shape index (κ3) is 2.55. The SMILES string of the molecule is CC1(C)CCC(CN2CCOCC2(C)C)C1=O. The Labute approximate surface area is 105 Å². The van der Waals surface area contributed by atoms with Gasteiger partial charge in [0.25, 0.3) is 0 Å². The highest BCUT2D eigenvalue weighted by molar-refractivity contribution is 5.88. The van der Waals surface area contributed by atoms with Crippen molar-refractivity contribution in [2.45, 2.75) is 46.1 Å². The van der Waals surface area contributed by atoms with Gasteiger partial charge in [0, 0.05) is 30.0 Å². The van der Waals surface area contributed by atoms with Gasteiger partial charge in [-0.2, -0.15) is 0 Å². The fraction of sp³-hybridized carbons (Fsp3) is 0.929. The zero-order valence-corrected chi connectivity index (χ0v) is 11.6. The fourth-order valence-electron chi connectivity index (χ4n) is 3.01. The Bertz CT molecular complexity index is 309. The lowest BCUT2D eigenvalue weighted by molar-refractivity contribution is -0.129. The van der Waals surface area contributed by atoms with E-state index in [0.717, 1.165) is 39.1 Å². The molecule has 2 fully saturated rings. The van der Waals surface area contributed by atoms with Crippen LogP contribution in [0, 0.1) is 11.3 Å². The van der Waals surface area contributed by atoms with E-state index in [1.165, 1.54) is 0 Å². The van der Waals surface area contributed by atoms with Gasteiger partial charge in [0.05, 0.1) is 13.2 Å². The number of hydrogen-bond acceptors (Lipinski definition) is 3. The largest absolute Gasteiger partial charge is 0.378 e. The highest BCUT2D eigenvalue weighted by atomic mass is 16.5. The number of carbonyl (C=O) groups excluding carboxylic acids is 1. The maximum absolute atomic E-state index is 12.3. The van der Waals surface area contributed by atoms with Crippen LogP contribution in [0.3, 0.4) is 0 Å². The summed E-state index contributed by atoms with van der Waals surface area (Å²) < 4.78 is 5.52. The minimum Gasteiger partial charge on any atom is -0.378 e. The van der Waals surface area contributed by atoms with Crippen molar-refractivity contribution < 1.29 is 9.53 Å². The van der Waals surface area contributed by atoms with E-state index in [0.29, 0.717) is 5.78 Å². The number of ether oxygens (including phenoxy) is 1. The summed E-state index contributed by atoms with van der Waals surface area (Å²) in [5.74, 6) is 0.696. The average molecular weight is 239 g/mol. The van der Waals surface area contributed by atoms with Crippen LogP contribution in [-0.2, 0) is 9.53 Å². The number of carbonyl (C=O) groups is 1. The molecule has 0 radical (unpaired) electrons. The zero-order valence-electron chi connectivity index (χ0n) is 11.6. The number of Topliss-reactive ketones (excluding diaryl/α,β-unsaturated/α-hetero) is 1. The number of hydrogen-bond donors (Lipinski definition) is 0. The summed E-state index contributed by atoms with van der Waals surface area (Å²) in [4.78, 5) is 14.7. The molecule has 1 unspecified atom stereocenters. The van der Waals surface area contributed by atoms with E-state index in [1.54, 1.807) is 0 Å². The van der Waals surface area contributed by atoms with Gasteiger partial charge in [-0.15, -0.1) is 0 Å². The highest BCUT2D eigenvalue weighted by Gasteiger charge is 2.42. The van der Waals surface area contributed by atoms with Gasteiger partial charge >= 0.3 is 0 Å². The van der Waals surface area contributed by atoms with Gasteiger partial charge in [0.15, 0.2) is 0 Å². The molecule has 3 heteroatoms. The van der Waals surface area contributed by atoms with E-state index in [9.17, 15) is 4.79 Å².